The monoisotopic (exact) mass is 198 g/mol. The standard InChI is InChI=1S/C11H18O3/c1-4-5-11(13)9(7-14-3)6-8(2)10(11)12/h6,9,13H,4-5,7H2,1-3H3/t9-,11+/m0/s1. The Morgan fingerprint density at radius 3 is 2.79 bits per heavy atom. The fraction of sp³-hybridized carbons (Fsp3) is 0.727. The van der Waals surface area contributed by atoms with Gasteiger partial charge in [0.05, 0.1) is 6.61 Å². The Hall–Kier alpha value is -0.670. The molecule has 0 aromatic heterocycles. The number of Topliss-reactive ketones (excluding diaryl/α,β-unsaturated/α-hetero) is 1. The first-order valence-electron chi connectivity index (χ1n) is 5.00. The average Bonchev–Trinajstić information content (AvgIpc) is 2.33. The molecule has 0 bridgehead atoms. The first-order chi connectivity index (χ1) is 6.56. The van der Waals surface area contributed by atoms with Crippen LogP contribution in [0.3, 0.4) is 0 Å². The van der Waals surface area contributed by atoms with Gasteiger partial charge in [-0.25, -0.2) is 0 Å². The van der Waals surface area contributed by atoms with Gasteiger partial charge in [0.1, 0.15) is 5.60 Å². The number of hydrogen-bond acceptors (Lipinski definition) is 3. The van der Waals surface area contributed by atoms with Gasteiger partial charge in [0.15, 0.2) is 5.78 Å². The molecule has 80 valence electrons. The van der Waals surface area contributed by atoms with Gasteiger partial charge in [0, 0.05) is 13.0 Å². The van der Waals surface area contributed by atoms with Crippen LogP contribution >= 0.6 is 0 Å². The topological polar surface area (TPSA) is 46.5 Å². The molecular formula is C11H18O3. The maximum Gasteiger partial charge on any atom is 0.190 e. The Labute approximate surface area is 84.8 Å². The highest BCUT2D eigenvalue weighted by Crippen LogP contribution is 2.35. The molecule has 14 heavy (non-hydrogen) atoms. The van der Waals surface area contributed by atoms with E-state index in [0.717, 1.165) is 6.42 Å². The van der Waals surface area contributed by atoms with Crippen LogP contribution in [0.1, 0.15) is 26.7 Å². The molecule has 0 saturated carbocycles. The van der Waals surface area contributed by atoms with Crippen molar-refractivity contribution < 1.29 is 14.6 Å². The van der Waals surface area contributed by atoms with E-state index in [4.69, 9.17) is 4.74 Å². The van der Waals surface area contributed by atoms with E-state index in [1.54, 1.807) is 14.0 Å². The minimum absolute atomic E-state index is 0.138. The minimum Gasteiger partial charge on any atom is -0.384 e. The molecule has 1 N–H and O–H groups in total. The second-order valence-electron chi connectivity index (χ2n) is 3.91. The maximum atomic E-state index is 11.7. The highest BCUT2D eigenvalue weighted by atomic mass is 16.5. The summed E-state index contributed by atoms with van der Waals surface area (Å²) >= 11 is 0. The molecular weight excluding hydrogens is 180 g/mol. The minimum atomic E-state index is -1.21. The lowest BCUT2D eigenvalue weighted by molar-refractivity contribution is -0.137. The molecule has 0 fully saturated rings. The van der Waals surface area contributed by atoms with Crippen LogP contribution in [0.2, 0.25) is 0 Å². The van der Waals surface area contributed by atoms with E-state index in [1.165, 1.54) is 0 Å². The highest BCUT2D eigenvalue weighted by molar-refractivity contribution is 6.04. The van der Waals surface area contributed by atoms with Crippen molar-refractivity contribution in [1.29, 1.82) is 0 Å². The quantitative estimate of drug-likeness (QED) is 0.740. The van der Waals surface area contributed by atoms with Crippen LogP contribution in [0.5, 0.6) is 0 Å². The molecule has 0 spiro atoms. The van der Waals surface area contributed by atoms with Gasteiger partial charge in [-0.3, -0.25) is 4.79 Å². The van der Waals surface area contributed by atoms with Gasteiger partial charge in [0.2, 0.25) is 0 Å². The summed E-state index contributed by atoms with van der Waals surface area (Å²) in [6, 6.07) is 0. The van der Waals surface area contributed by atoms with Crippen molar-refractivity contribution >= 4 is 5.78 Å². The van der Waals surface area contributed by atoms with E-state index in [-0.39, 0.29) is 11.7 Å². The number of methoxy groups -OCH3 is 1. The molecule has 0 saturated heterocycles. The van der Waals surface area contributed by atoms with Gasteiger partial charge in [-0.05, 0) is 18.9 Å². The molecule has 3 nitrogen and oxygen atoms in total. The van der Waals surface area contributed by atoms with Crippen molar-refractivity contribution in [3.8, 4) is 0 Å². The van der Waals surface area contributed by atoms with Gasteiger partial charge in [0.25, 0.3) is 0 Å². The Balaban J connectivity index is 2.86. The lowest BCUT2D eigenvalue weighted by Crippen LogP contribution is -2.43. The third kappa shape index (κ3) is 1.74. The van der Waals surface area contributed by atoms with E-state index in [1.807, 2.05) is 13.0 Å². The molecule has 0 amide bonds. The number of ether oxygens (including phenoxy) is 1. The SMILES string of the molecule is CCC[C@]1(O)C(=O)C(C)=C[C@H]1COC. The summed E-state index contributed by atoms with van der Waals surface area (Å²) in [6.45, 7) is 4.11. The predicted molar refractivity (Wildman–Crippen MR) is 54.0 cm³/mol. The number of hydrogen-bond donors (Lipinski definition) is 1. The summed E-state index contributed by atoms with van der Waals surface area (Å²) in [5.74, 6) is -0.318. The molecule has 0 aromatic rings. The van der Waals surface area contributed by atoms with Gasteiger partial charge >= 0.3 is 0 Å². The number of carbonyl (C=O) groups is 1. The maximum absolute atomic E-state index is 11.7. The van der Waals surface area contributed by atoms with Crippen LogP contribution in [0.15, 0.2) is 11.6 Å². The molecule has 1 rings (SSSR count). The van der Waals surface area contributed by atoms with Crippen molar-refractivity contribution in [2.45, 2.75) is 32.3 Å². The van der Waals surface area contributed by atoms with Crippen LogP contribution in [-0.4, -0.2) is 30.2 Å². The highest BCUT2D eigenvalue weighted by Gasteiger charge is 2.46. The Kier molecular flexibility index (Phi) is 3.45. The molecule has 0 radical (unpaired) electrons. The van der Waals surface area contributed by atoms with Crippen LogP contribution in [0.25, 0.3) is 0 Å². The first kappa shape index (κ1) is 11.4. The van der Waals surface area contributed by atoms with E-state index in [0.29, 0.717) is 18.6 Å². The third-order valence-corrected chi connectivity index (χ3v) is 2.79. The second kappa shape index (κ2) is 4.24. The van der Waals surface area contributed by atoms with Crippen molar-refractivity contribution in [2.75, 3.05) is 13.7 Å². The summed E-state index contributed by atoms with van der Waals surface area (Å²) in [7, 11) is 1.58. The molecule has 1 aliphatic rings. The van der Waals surface area contributed by atoms with E-state index in [2.05, 4.69) is 0 Å². The molecule has 2 atom stereocenters. The molecule has 1 aliphatic carbocycles. The fourth-order valence-corrected chi connectivity index (χ4v) is 2.07. The van der Waals surface area contributed by atoms with Gasteiger partial charge in [-0.2, -0.15) is 0 Å². The summed E-state index contributed by atoms with van der Waals surface area (Å²) in [6.07, 6.45) is 3.12. The van der Waals surface area contributed by atoms with Crippen LogP contribution in [0, 0.1) is 5.92 Å². The molecule has 0 heterocycles. The largest absolute Gasteiger partial charge is 0.384 e. The normalized spacial score (nSPS) is 32.1. The van der Waals surface area contributed by atoms with Gasteiger partial charge in [-0.1, -0.05) is 19.4 Å². The van der Waals surface area contributed by atoms with Crippen molar-refractivity contribution in [3.63, 3.8) is 0 Å². The lowest BCUT2D eigenvalue weighted by atomic mass is 9.85. The van der Waals surface area contributed by atoms with Gasteiger partial charge in [-0.15, -0.1) is 0 Å². The average molecular weight is 198 g/mol. The fourth-order valence-electron chi connectivity index (χ4n) is 2.07. The molecule has 0 aliphatic heterocycles. The Morgan fingerprint density at radius 2 is 2.29 bits per heavy atom. The summed E-state index contributed by atoms with van der Waals surface area (Å²) in [4.78, 5) is 11.7. The summed E-state index contributed by atoms with van der Waals surface area (Å²) < 4.78 is 5.01. The number of rotatable bonds is 4. The zero-order chi connectivity index (χ0) is 10.8. The smallest absolute Gasteiger partial charge is 0.190 e. The predicted octanol–water partition coefficient (Wildman–Crippen LogP) is 1.31. The number of carbonyl (C=O) groups excluding carboxylic acids is 1. The zero-order valence-corrected chi connectivity index (χ0v) is 9.04. The summed E-state index contributed by atoms with van der Waals surface area (Å²) in [5, 5.41) is 10.2. The van der Waals surface area contributed by atoms with E-state index in [9.17, 15) is 9.90 Å². The van der Waals surface area contributed by atoms with E-state index >= 15 is 0 Å². The van der Waals surface area contributed by atoms with Crippen LogP contribution in [0.4, 0.5) is 0 Å². The van der Waals surface area contributed by atoms with Crippen LogP contribution < -0.4 is 0 Å². The Morgan fingerprint density at radius 1 is 1.64 bits per heavy atom. The Bertz CT molecular complexity index is 257. The molecule has 0 unspecified atom stereocenters. The number of aliphatic hydroxyl groups is 1. The van der Waals surface area contributed by atoms with Crippen molar-refractivity contribution in [3.05, 3.63) is 11.6 Å². The second-order valence-corrected chi connectivity index (χ2v) is 3.91. The molecule has 0 aromatic carbocycles. The van der Waals surface area contributed by atoms with Crippen LogP contribution in [-0.2, 0) is 9.53 Å². The van der Waals surface area contributed by atoms with Crippen molar-refractivity contribution in [1.82, 2.24) is 0 Å². The zero-order valence-electron chi connectivity index (χ0n) is 9.04. The molecule has 3 heteroatoms. The van der Waals surface area contributed by atoms with Gasteiger partial charge < -0.3 is 9.84 Å². The first-order valence-corrected chi connectivity index (χ1v) is 5.00. The third-order valence-electron chi connectivity index (χ3n) is 2.79. The summed E-state index contributed by atoms with van der Waals surface area (Å²) in [5.41, 5.74) is -0.558. The number of ketones is 1. The lowest BCUT2D eigenvalue weighted by Gasteiger charge is -2.27. The van der Waals surface area contributed by atoms with E-state index < -0.39 is 5.60 Å². The van der Waals surface area contributed by atoms with Crippen molar-refractivity contribution in [2.24, 2.45) is 5.92 Å².